The molecule has 1 N–H and O–H groups in total. The van der Waals surface area contributed by atoms with Crippen molar-refractivity contribution >= 4 is 35.1 Å². The summed E-state index contributed by atoms with van der Waals surface area (Å²) in [7, 11) is 0. The number of esters is 1. The largest absolute Gasteiger partial charge is 0.452 e. The molecule has 3 aliphatic rings. The van der Waals surface area contributed by atoms with Crippen LogP contribution >= 0.6 is 0 Å². The summed E-state index contributed by atoms with van der Waals surface area (Å²) in [6, 6.07) is 15.0. The molecule has 2 aromatic carbocycles. The molecule has 1 saturated carbocycles. The predicted molar refractivity (Wildman–Crippen MR) is 112 cm³/mol. The summed E-state index contributed by atoms with van der Waals surface area (Å²) in [6.45, 7) is -0.419. The molecular formula is C24H20N2O5. The van der Waals surface area contributed by atoms with Crippen LogP contribution in [0.3, 0.4) is 0 Å². The molecule has 1 aliphatic heterocycles. The first-order valence-electron chi connectivity index (χ1n) is 10.2. The molecule has 0 unspecified atom stereocenters. The Bertz CT molecular complexity index is 1060. The van der Waals surface area contributed by atoms with Crippen LogP contribution in [0.15, 0.2) is 66.7 Å². The number of amides is 3. The van der Waals surface area contributed by atoms with Gasteiger partial charge in [-0.3, -0.25) is 19.3 Å². The van der Waals surface area contributed by atoms with E-state index >= 15 is 0 Å². The SMILES string of the molecule is O=C(COC(=O)c1ccc(N2C(=O)[C@@H]3[C@@H](C2=O)[C@H]2C=C[C@H]3C2)cc1)Nc1ccccc1. The van der Waals surface area contributed by atoms with Crippen molar-refractivity contribution in [3.63, 3.8) is 0 Å². The van der Waals surface area contributed by atoms with Crippen molar-refractivity contribution < 1.29 is 23.9 Å². The van der Waals surface area contributed by atoms with Gasteiger partial charge in [0.15, 0.2) is 6.61 Å². The second-order valence-electron chi connectivity index (χ2n) is 8.05. The van der Waals surface area contributed by atoms with Gasteiger partial charge in [0.25, 0.3) is 5.91 Å². The van der Waals surface area contributed by atoms with Crippen LogP contribution in [0.1, 0.15) is 16.8 Å². The Hall–Kier alpha value is -3.74. The lowest BCUT2D eigenvalue weighted by atomic mass is 9.85. The quantitative estimate of drug-likeness (QED) is 0.460. The number of para-hydroxylation sites is 1. The third-order valence-corrected chi connectivity index (χ3v) is 6.22. The van der Waals surface area contributed by atoms with Gasteiger partial charge in [0.1, 0.15) is 0 Å². The van der Waals surface area contributed by atoms with Crippen molar-refractivity contribution in [2.45, 2.75) is 6.42 Å². The van der Waals surface area contributed by atoms with Crippen molar-refractivity contribution in [1.29, 1.82) is 0 Å². The summed E-state index contributed by atoms with van der Waals surface area (Å²) in [5.41, 5.74) is 1.29. The normalized spacial score (nSPS) is 25.6. The molecule has 3 amide bonds. The van der Waals surface area contributed by atoms with Gasteiger partial charge in [-0.05, 0) is 54.7 Å². The number of hydrogen-bond acceptors (Lipinski definition) is 5. The van der Waals surface area contributed by atoms with Gasteiger partial charge in [-0.2, -0.15) is 0 Å². The number of rotatable bonds is 5. The molecule has 31 heavy (non-hydrogen) atoms. The molecule has 1 saturated heterocycles. The smallest absolute Gasteiger partial charge is 0.338 e. The molecular weight excluding hydrogens is 396 g/mol. The van der Waals surface area contributed by atoms with E-state index in [1.807, 2.05) is 18.2 Å². The average Bonchev–Trinajstić information content (AvgIpc) is 3.47. The topological polar surface area (TPSA) is 92.8 Å². The number of nitrogens with zero attached hydrogens (tertiary/aromatic N) is 1. The number of ether oxygens (including phenoxy) is 1. The van der Waals surface area contributed by atoms with Crippen molar-refractivity contribution in [2.24, 2.45) is 23.7 Å². The highest BCUT2D eigenvalue weighted by atomic mass is 16.5. The fraction of sp³-hybridized carbons (Fsp3) is 0.250. The molecule has 0 aromatic heterocycles. The zero-order chi connectivity index (χ0) is 21.5. The van der Waals surface area contributed by atoms with E-state index in [4.69, 9.17) is 4.74 Å². The van der Waals surface area contributed by atoms with Crippen LogP contribution in [0.25, 0.3) is 0 Å². The fourth-order valence-electron chi connectivity index (χ4n) is 4.84. The summed E-state index contributed by atoms with van der Waals surface area (Å²) in [6.07, 6.45) is 4.98. The summed E-state index contributed by atoms with van der Waals surface area (Å²) >= 11 is 0. The maximum atomic E-state index is 12.9. The van der Waals surface area contributed by atoms with Crippen LogP contribution in [0.4, 0.5) is 11.4 Å². The first-order chi connectivity index (χ1) is 15.0. The minimum absolute atomic E-state index is 0.146. The lowest BCUT2D eigenvalue weighted by Gasteiger charge is -2.17. The first kappa shape index (κ1) is 19.2. The van der Waals surface area contributed by atoms with Gasteiger partial charge in [0.05, 0.1) is 23.1 Å². The fourth-order valence-corrected chi connectivity index (χ4v) is 4.84. The van der Waals surface area contributed by atoms with Crippen LogP contribution in [-0.2, 0) is 19.1 Å². The standard InChI is InChI=1S/C24H20N2O5/c27-19(25-17-4-2-1-3-5-17)13-31-24(30)14-8-10-18(11-9-14)26-22(28)20-15-6-7-16(12-15)21(20)23(26)29/h1-11,15-16,20-21H,12-13H2,(H,25,27)/t15-,16-,20-,21-/m0/s1. The Morgan fingerprint density at radius 1 is 0.903 bits per heavy atom. The zero-order valence-corrected chi connectivity index (χ0v) is 16.6. The second kappa shape index (κ2) is 7.50. The van der Waals surface area contributed by atoms with E-state index in [9.17, 15) is 19.2 Å². The van der Waals surface area contributed by atoms with Crippen LogP contribution in [0, 0.1) is 23.7 Å². The lowest BCUT2D eigenvalue weighted by molar-refractivity contribution is -0.123. The molecule has 1 heterocycles. The van der Waals surface area contributed by atoms with Crippen LogP contribution in [-0.4, -0.2) is 30.3 Å². The van der Waals surface area contributed by atoms with Crippen molar-refractivity contribution in [1.82, 2.24) is 0 Å². The van der Waals surface area contributed by atoms with Crippen molar-refractivity contribution in [3.05, 3.63) is 72.3 Å². The lowest BCUT2D eigenvalue weighted by Crippen LogP contribution is -2.32. The van der Waals surface area contributed by atoms with Crippen molar-refractivity contribution in [2.75, 3.05) is 16.8 Å². The summed E-state index contributed by atoms with van der Waals surface area (Å²) in [5, 5.41) is 2.63. The maximum Gasteiger partial charge on any atom is 0.338 e. The van der Waals surface area contributed by atoms with Crippen LogP contribution < -0.4 is 10.2 Å². The Labute approximate surface area is 178 Å². The van der Waals surface area contributed by atoms with E-state index in [1.165, 1.54) is 17.0 Å². The number of hydrogen-bond donors (Lipinski definition) is 1. The number of anilines is 2. The molecule has 2 aliphatic carbocycles. The molecule has 5 rings (SSSR count). The zero-order valence-electron chi connectivity index (χ0n) is 16.6. The Morgan fingerprint density at radius 2 is 1.52 bits per heavy atom. The third-order valence-electron chi connectivity index (χ3n) is 6.22. The summed E-state index contributed by atoms with van der Waals surface area (Å²) < 4.78 is 5.06. The Morgan fingerprint density at radius 3 is 2.13 bits per heavy atom. The number of nitrogens with one attached hydrogen (secondary N) is 1. The monoisotopic (exact) mass is 416 g/mol. The highest BCUT2D eigenvalue weighted by molar-refractivity contribution is 6.22. The van der Waals surface area contributed by atoms with Crippen LogP contribution in [0.2, 0.25) is 0 Å². The van der Waals surface area contributed by atoms with E-state index in [2.05, 4.69) is 5.32 Å². The summed E-state index contributed by atoms with van der Waals surface area (Å²) in [5.74, 6) is -1.68. The molecule has 2 aromatic rings. The third kappa shape index (κ3) is 3.32. The highest BCUT2D eigenvalue weighted by Crippen LogP contribution is 2.53. The molecule has 2 fully saturated rings. The van der Waals surface area contributed by atoms with E-state index in [-0.39, 0.29) is 41.0 Å². The second-order valence-corrected chi connectivity index (χ2v) is 8.05. The highest BCUT2D eigenvalue weighted by Gasteiger charge is 2.59. The van der Waals surface area contributed by atoms with Gasteiger partial charge in [0.2, 0.25) is 11.8 Å². The minimum atomic E-state index is -0.659. The molecule has 156 valence electrons. The number of carbonyl (C=O) groups excluding carboxylic acids is 4. The van der Waals surface area contributed by atoms with Gasteiger partial charge in [-0.1, -0.05) is 30.4 Å². The van der Waals surface area contributed by atoms with Gasteiger partial charge < -0.3 is 10.1 Å². The van der Waals surface area contributed by atoms with Gasteiger partial charge in [-0.25, -0.2) is 4.79 Å². The number of carbonyl (C=O) groups is 4. The molecule has 7 nitrogen and oxygen atoms in total. The summed E-state index contributed by atoms with van der Waals surface area (Å²) in [4.78, 5) is 51.2. The molecule has 4 atom stereocenters. The maximum absolute atomic E-state index is 12.9. The predicted octanol–water partition coefficient (Wildman–Crippen LogP) is 2.79. The van der Waals surface area contributed by atoms with E-state index in [0.29, 0.717) is 11.4 Å². The van der Waals surface area contributed by atoms with Crippen molar-refractivity contribution in [3.8, 4) is 0 Å². The number of benzene rings is 2. The Balaban J connectivity index is 1.21. The molecule has 0 spiro atoms. The number of allylic oxidation sites excluding steroid dienone is 2. The first-order valence-corrected chi connectivity index (χ1v) is 10.2. The number of fused-ring (bicyclic) bond motifs is 5. The van der Waals surface area contributed by atoms with E-state index in [1.54, 1.807) is 36.4 Å². The average molecular weight is 416 g/mol. The molecule has 7 heteroatoms. The van der Waals surface area contributed by atoms with E-state index in [0.717, 1.165) is 6.42 Å². The molecule has 2 bridgehead atoms. The Kier molecular flexibility index (Phi) is 4.66. The van der Waals surface area contributed by atoms with Gasteiger partial charge in [0, 0.05) is 5.69 Å². The number of imide groups is 1. The van der Waals surface area contributed by atoms with Gasteiger partial charge in [-0.15, -0.1) is 0 Å². The molecule has 0 radical (unpaired) electrons. The van der Waals surface area contributed by atoms with Gasteiger partial charge >= 0.3 is 5.97 Å². The van der Waals surface area contributed by atoms with E-state index < -0.39 is 18.5 Å². The van der Waals surface area contributed by atoms with Crippen LogP contribution in [0.5, 0.6) is 0 Å². The minimum Gasteiger partial charge on any atom is -0.452 e.